The Labute approximate surface area is 122 Å². The molecule has 1 saturated carbocycles. The third kappa shape index (κ3) is 1.90. The quantitative estimate of drug-likeness (QED) is 0.769. The second-order valence-corrected chi connectivity index (χ2v) is 6.91. The topological polar surface area (TPSA) is 97.0 Å². The van der Waals surface area contributed by atoms with Gasteiger partial charge in [-0.15, -0.1) is 0 Å². The van der Waals surface area contributed by atoms with Gasteiger partial charge in [0.25, 0.3) is 0 Å². The first-order valence-corrected chi connectivity index (χ1v) is 7.17. The van der Waals surface area contributed by atoms with Crippen molar-refractivity contribution >= 4 is 5.78 Å². The summed E-state index contributed by atoms with van der Waals surface area (Å²) in [5.41, 5.74) is -0.779. The van der Waals surface area contributed by atoms with Crippen molar-refractivity contribution in [2.45, 2.75) is 51.7 Å². The van der Waals surface area contributed by atoms with Gasteiger partial charge in [-0.05, 0) is 32.3 Å². The van der Waals surface area contributed by atoms with Crippen molar-refractivity contribution in [3.63, 3.8) is 0 Å². The standard InChI is InChI=1S/C15H20NO5/c1-8-7-21-9-6-14(2)10(16(19)20)4-5-15(3,18)13(14)12(17)11(8)9/h7,10,13,18-19H,4-6H2,1-3H3/q-1. The highest BCUT2D eigenvalue weighted by Gasteiger charge is 2.60. The van der Waals surface area contributed by atoms with Gasteiger partial charge in [-0.25, -0.2) is 0 Å². The van der Waals surface area contributed by atoms with Crippen molar-refractivity contribution < 1.29 is 19.5 Å². The highest BCUT2D eigenvalue weighted by atomic mass is 16.8. The fourth-order valence-electron chi connectivity index (χ4n) is 4.42. The van der Waals surface area contributed by atoms with Crippen LogP contribution >= 0.6 is 0 Å². The van der Waals surface area contributed by atoms with Crippen molar-refractivity contribution in [3.8, 4) is 0 Å². The molecule has 0 radical (unpaired) electrons. The second kappa shape index (κ2) is 4.39. The lowest BCUT2D eigenvalue weighted by Gasteiger charge is -2.57. The minimum Gasteiger partial charge on any atom is -0.762 e. The number of hydrogen-bond donors (Lipinski definition) is 2. The number of aryl methyl sites for hydroxylation is 1. The van der Waals surface area contributed by atoms with E-state index in [9.17, 15) is 20.3 Å². The van der Waals surface area contributed by atoms with Crippen LogP contribution in [-0.4, -0.2) is 33.0 Å². The van der Waals surface area contributed by atoms with Gasteiger partial charge < -0.3 is 19.9 Å². The number of carbonyl (C=O) groups is 1. The molecule has 21 heavy (non-hydrogen) atoms. The summed E-state index contributed by atoms with van der Waals surface area (Å²) >= 11 is 0. The SMILES string of the molecule is Cc1coc2c1C(=O)C1C(C)(O)CCC(N([O-])O)C1(C)C2. The number of Topliss-reactive ketones (excluding diaryl/α,β-unsaturated/α-hetero) is 1. The summed E-state index contributed by atoms with van der Waals surface area (Å²) in [5.74, 6) is -0.376. The Morgan fingerprint density at radius 2 is 2.14 bits per heavy atom. The Kier molecular flexibility index (Phi) is 3.08. The van der Waals surface area contributed by atoms with Crippen LogP contribution in [0.3, 0.4) is 0 Å². The molecule has 2 aliphatic carbocycles. The third-order valence-corrected chi connectivity index (χ3v) is 5.33. The van der Waals surface area contributed by atoms with E-state index < -0.39 is 23.0 Å². The molecule has 4 unspecified atom stereocenters. The molecule has 0 bridgehead atoms. The molecular weight excluding hydrogens is 274 g/mol. The zero-order valence-corrected chi connectivity index (χ0v) is 12.4. The fourth-order valence-corrected chi connectivity index (χ4v) is 4.42. The predicted octanol–water partition coefficient (Wildman–Crippen LogP) is 2.05. The van der Waals surface area contributed by atoms with Crippen LogP contribution in [0.15, 0.2) is 10.7 Å². The largest absolute Gasteiger partial charge is 0.762 e. The van der Waals surface area contributed by atoms with Crippen LogP contribution in [-0.2, 0) is 6.42 Å². The molecular formula is C15H20NO5-. The summed E-state index contributed by atoms with van der Waals surface area (Å²) in [4.78, 5) is 12.9. The lowest BCUT2D eigenvalue weighted by Crippen LogP contribution is -2.63. The highest BCUT2D eigenvalue weighted by molar-refractivity contribution is 6.02. The first-order chi connectivity index (χ1) is 9.68. The van der Waals surface area contributed by atoms with Gasteiger partial charge >= 0.3 is 0 Å². The van der Waals surface area contributed by atoms with E-state index in [1.54, 1.807) is 20.8 Å². The lowest BCUT2D eigenvalue weighted by molar-refractivity contribution is -0.180. The van der Waals surface area contributed by atoms with Crippen molar-refractivity contribution in [2.75, 3.05) is 0 Å². The lowest BCUT2D eigenvalue weighted by atomic mass is 9.52. The molecule has 2 aliphatic rings. The number of hydrogen-bond acceptors (Lipinski definition) is 6. The maximum atomic E-state index is 12.9. The molecule has 4 atom stereocenters. The maximum absolute atomic E-state index is 12.9. The summed E-state index contributed by atoms with van der Waals surface area (Å²) in [6, 6.07) is -0.731. The minimum absolute atomic E-state index is 0.0592. The third-order valence-electron chi connectivity index (χ3n) is 5.33. The predicted molar refractivity (Wildman–Crippen MR) is 73.7 cm³/mol. The maximum Gasteiger partial charge on any atom is 0.173 e. The Morgan fingerprint density at radius 3 is 2.76 bits per heavy atom. The van der Waals surface area contributed by atoms with Crippen LogP contribution in [0.5, 0.6) is 0 Å². The Bertz CT molecular complexity index is 591. The average molecular weight is 294 g/mol. The van der Waals surface area contributed by atoms with Gasteiger partial charge in [-0.2, -0.15) is 0 Å². The number of nitrogens with zero attached hydrogens (tertiary/aromatic N) is 1. The van der Waals surface area contributed by atoms with E-state index in [0.717, 1.165) is 5.56 Å². The molecule has 6 heteroatoms. The first-order valence-electron chi connectivity index (χ1n) is 7.17. The van der Waals surface area contributed by atoms with Crippen molar-refractivity contribution in [1.29, 1.82) is 0 Å². The molecule has 0 amide bonds. The number of hydroxylamine groups is 2. The Hall–Kier alpha value is -1.21. The summed E-state index contributed by atoms with van der Waals surface area (Å²) in [6.07, 6.45) is 2.52. The van der Waals surface area contributed by atoms with Crippen LogP contribution in [0, 0.1) is 23.5 Å². The van der Waals surface area contributed by atoms with Crippen LogP contribution in [0.25, 0.3) is 0 Å². The van der Waals surface area contributed by atoms with E-state index in [4.69, 9.17) is 4.42 Å². The number of fused-ring (bicyclic) bond motifs is 2. The van der Waals surface area contributed by atoms with Crippen LogP contribution in [0.4, 0.5) is 0 Å². The number of ketones is 1. The summed E-state index contributed by atoms with van der Waals surface area (Å²) in [7, 11) is 0. The molecule has 1 aromatic rings. The minimum atomic E-state index is -1.19. The molecule has 2 N–H and O–H groups in total. The number of rotatable bonds is 1. The van der Waals surface area contributed by atoms with Gasteiger partial charge in [0.15, 0.2) is 5.78 Å². The summed E-state index contributed by atoms with van der Waals surface area (Å²) in [6.45, 7) is 5.20. The van der Waals surface area contributed by atoms with Gasteiger partial charge in [-0.3, -0.25) is 10.0 Å². The number of carbonyl (C=O) groups excluding carboxylic acids is 1. The van der Waals surface area contributed by atoms with E-state index in [1.807, 2.05) is 0 Å². The van der Waals surface area contributed by atoms with Crippen molar-refractivity contribution in [2.24, 2.45) is 11.3 Å². The Morgan fingerprint density at radius 1 is 1.48 bits per heavy atom. The van der Waals surface area contributed by atoms with Gasteiger partial charge in [-0.1, -0.05) is 6.92 Å². The molecule has 0 aromatic carbocycles. The molecule has 0 spiro atoms. The second-order valence-electron chi connectivity index (χ2n) is 6.91. The smallest absolute Gasteiger partial charge is 0.173 e. The first kappa shape index (κ1) is 14.7. The van der Waals surface area contributed by atoms with E-state index in [-0.39, 0.29) is 11.0 Å². The molecule has 1 heterocycles. The van der Waals surface area contributed by atoms with E-state index in [2.05, 4.69) is 0 Å². The van der Waals surface area contributed by atoms with Gasteiger partial charge in [0, 0.05) is 17.9 Å². The Balaban J connectivity index is 2.17. The van der Waals surface area contributed by atoms with Gasteiger partial charge in [0.2, 0.25) is 0 Å². The average Bonchev–Trinajstić information content (AvgIpc) is 2.68. The van der Waals surface area contributed by atoms with Gasteiger partial charge in [0.05, 0.1) is 23.3 Å². The number of aliphatic hydroxyl groups is 1. The highest BCUT2D eigenvalue weighted by Crippen LogP contribution is 2.54. The zero-order chi connectivity index (χ0) is 15.6. The van der Waals surface area contributed by atoms with Crippen LogP contribution in [0.2, 0.25) is 0 Å². The van der Waals surface area contributed by atoms with E-state index in [0.29, 0.717) is 30.6 Å². The van der Waals surface area contributed by atoms with Crippen LogP contribution in [0.1, 0.15) is 48.4 Å². The van der Waals surface area contributed by atoms with Crippen LogP contribution < -0.4 is 0 Å². The van der Waals surface area contributed by atoms with Crippen molar-refractivity contribution in [1.82, 2.24) is 5.23 Å². The van der Waals surface area contributed by atoms with Gasteiger partial charge in [0.1, 0.15) is 5.76 Å². The summed E-state index contributed by atoms with van der Waals surface area (Å²) in [5, 5.41) is 31.6. The normalized spacial score (nSPS) is 39.3. The number of furan rings is 1. The molecule has 1 aromatic heterocycles. The van der Waals surface area contributed by atoms with E-state index >= 15 is 0 Å². The molecule has 0 aliphatic heterocycles. The monoisotopic (exact) mass is 294 g/mol. The van der Waals surface area contributed by atoms with E-state index in [1.165, 1.54) is 6.26 Å². The fraction of sp³-hybridized carbons (Fsp3) is 0.667. The molecule has 0 saturated heterocycles. The molecule has 1 fully saturated rings. The molecule has 6 nitrogen and oxygen atoms in total. The van der Waals surface area contributed by atoms with Crippen molar-refractivity contribution in [3.05, 3.63) is 28.4 Å². The molecule has 116 valence electrons. The zero-order valence-electron chi connectivity index (χ0n) is 12.4. The molecule has 3 rings (SSSR count). The summed E-state index contributed by atoms with van der Waals surface area (Å²) < 4.78 is 5.46.